The lowest BCUT2D eigenvalue weighted by atomic mass is 10.2. The first-order chi connectivity index (χ1) is 9.15. The van der Waals surface area contributed by atoms with E-state index in [2.05, 4.69) is 0 Å². The lowest BCUT2D eigenvalue weighted by Gasteiger charge is -2.10. The lowest BCUT2D eigenvalue weighted by molar-refractivity contribution is 0.406. The predicted molar refractivity (Wildman–Crippen MR) is 67.1 cm³/mol. The van der Waals surface area contributed by atoms with Gasteiger partial charge < -0.3 is 4.74 Å². The van der Waals surface area contributed by atoms with Gasteiger partial charge in [-0.3, -0.25) is 0 Å². The van der Waals surface area contributed by atoms with Crippen molar-refractivity contribution in [2.24, 2.45) is 0 Å². The highest BCUT2D eigenvalue weighted by molar-refractivity contribution is 6.17. The summed E-state index contributed by atoms with van der Waals surface area (Å²) in [5, 5.41) is 8.88. The average Bonchev–Trinajstić information content (AvgIpc) is 2.43. The quantitative estimate of drug-likeness (QED) is 0.782. The summed E-state index contributed by atoms with van der Waals surface area (Å²) in [7, 11) is 0. The van der Waals surface area contributed by atoms with Crippen LogP contribution in [0.2, 0.25) is 0 Å². The van der Waals surface area contributed by atoms with Crippen molar-refractivity contribution in [1.82, 2.24) is 0 Å². The number of rotatable bonds is 3. The Hall–Kier alpha value is -2.12. The molecule has 2 rings (SSSR count). The summed E-state index contributed by atoms with van der Waals surface area (Å²) in [5.41, 5.74) is 0.514. The molecule has 0 amide bonds. The molecule has 0 aromatic heterocycles. The molecule has 2 aromatic carbocycles. The van der Waals surface area contributed by atoms with Gasteiger partial charge in [0, 0.05) is 5.88 Å². The monoisotopic (exact) mass is 279 g/mol. The summed E-state index contributed by atoms with van der Waals surface area (Å²) in [6, 6.07) is 10.3. The zero-order valence-electron chi connectivity index (χ0n) is 9.66. The summed E-state index contributed by atoms with van der Waals surface area (Å²) < 4.78 is 32.6. The van der Waals surface area contributed by atoms with Crippen LogP contribution in [0, 0.1) is 23.0 Å². The topological polar surface area (TPSA) is 33.0 Å². The van der Waals surface area contributed by atoms with E-state index in [1.165, 1.54) is 12.1 Å². The van der Waals surface area contributed by atoms with Gasteiger partial charge in [-0.25, -0.2) is 8.78 Å². The highest BCUT2D eigenvalue weighted by Gasteiger charge is 2.15. The molecule has 0 unspecified atom stereocenters. The number of nitriles is 1. The molecule has 0 aliphatic carbocycles. The minimum atomic E-state index is -0.858. The van der Waals surface area contributed by atoms with Crippen LogP contribution in [0.15, 0.2) is 36.4 Å². The van der Waals surface area contributed by atoms with Crippen molar-refractivity contribution in [3.05, 3.63) is 59.2 Å². The summed E-state index contributed by atoms with van der Waals surface area (Å²) >= 11 is 5.51. The molecule has 0 saturated heterocycles. The summed E-state index contributed by atoms with van der Waals surface area (Å²) in [5.74, 6) is -2.16. The van der Waals surface area contributed by atoms with Crippen LogP contribution >= 0.6 is 11.6 Å². The first-order valence-electron chi connectivity index (χ1n) is 5.36. The maximum absolute atomic E-state index is 13.7. The first kappa shape index (κ1) is 13.3. The van der Waals surface area contributed by atoms with Gasteiger partial charge >= 0.3 is 0 Å². The fraction of sp³-hybridized carbons (Fsp3) is 0.0714. The third-order valence-corrected chi connectivity index (χ3v) is 2.74. The van der Waals surface area contributed by atoms with Crippen molar-refractivity contribution >= 4 is 11.6 Å². The van der Waals surface area contributed by atoms with Crippen LogP contribution in [0.3, 0.4) is 0 Å². The van der Waals surface area contributed by atoms with Crippen molar-refractivity contribution in [3.63, 3.8) is 0 Å². The average molecular weight is 280 g/mol. The second kappa shape index (κ2) is 5.68. The van der Waals surface area contributed by atoms with E-state index in [4.69, 9.17) is 21.6 Å². The molecule has 0 aliphatic rings. The van der Waals surface area contributed by atoms with E-state index < -0.39 is 17.4 Å². The molecule has 0 atom stereocenters. The summed E-state index contributed by atoms with van der Waals surface area (Å²) in [6.45, 7) is 0. The van der Waals surface area contributed by atoms with E-state index in [1.807, 2.05) is 6.07 Å². The van der Waals surface area contributed by atoms with E-state index in [1.54, 1.807) is 12.1 Å². The number of hydrogen-bond acceptors (Lipinski definition) is 2. The molecule has 19 heavy (non-hydrogen) atoms. The van der Waals surface area contributed by atoms with E-state index in [-0.39, 0.29) is 17.2 Å². The Labute approximate surface area is 113 Å². The van der Waals surface area contributed by atoms with Crippen LogP contribution in [-0.4, -0.2) is 0 Å². The fourth-order valence-electron chi connectivity index (χ4n) is 1.54. The molecule has 0 saturated carbocycles. The van der Waals surface area contributed by atoms with Crippen molar-refractivity contribution in [3.8, 4) is 17.6 Å². The molecule has 0 aliphatic heterocycles. The van der Waals surface area contributed by atoms with Gasteiger partial charge in [-0.1, -0.05) is 12.1 Å². The third kappa shape index (κ3) is 2.83. The van der Waals surface area contributed by atoms with E-state index in [0.717, 1.165) is 12.1 Å². The molecule has 5 heteroatoms. The molecule has 0 N–H and O–H groups in total. The minimum absolute atomic E-state index is 0.00288. The molecule has 0 spiro atoms. The van der Waals surface area contributed by atoms with Crippen LogP contribution < -0.4 is 4.74 Å². The number of halogens is 3. The molecule has 0 bridgehead atoms. The minimum Gasteiger partial charge on any atom is -0.450 e. The Morgan fingerprint density at radius 1 is 1.16 bits per heavy atom. The van der Waals surface area contributed by atoms with Crippen molar-refractivity contribution in [1.29, 1.82) is 5.26 Å². The largest absolute Gasteiger partial charge is 0.450 e. The lowest BCUT2D eigenvalue weighted by Crippen LogP contribution is -1.96. The zero-order valence-corrected chi connectivity index (χ0v) is 10.4. The van der Waals surface area contributed by atoms with Gasteiger partial charge in [0.05, 0.1) is 5.56 Å². The van der Waals surface area contributed by atoms with Gasteiger partial charge in [0.25, 0.3) is 0 Å². The molecule has 2 aromatic rings. The van der Waals surface area contributed by atoms with Gasteiger partial charge in [-0.2, -0.15) is 5.26 Å². The molecule has 2 nitrogen and oxygen atoms in total. The number of alkyl halides is 1. The van der Waals surface area contributed by atoms with Gasteiger partial charge in [-0.15, -0.1) is 11.6 Å². The van der Waals surface area contributed by atoms with Crippen LogP contribution in [0.5, 0.6) is 11.5 Å². The van der Waals surface area contributed by atoms with Crippen LogP contribution in [0.25, 0.3) is 0 Å². The molecule has 0 heterocycles. The van der Waals surface area contributed by atoms with E-state index >= 15 is 0 Å². The SMILES string of the molecule is N#Cc1ccccc1Oc1c(F)cc(CCl)cc1F. The number of nitrogens with zero attached hydrogens (tertiary/aromatic N) is 1. The third-order valence-electron chi connectivity index (χ3n) is 2.43. The molecule has 0 radical (unpaired) electrons. The normalized spacial score (nSPS) is 10.0. The first-order valence-corrected chi connectivity index (χ1v) is 5.90. The van der Waals surface area contributed by atoms with Crippen molar-refractivity contribution in [2.45, 2.75) is 5.88 Å². The Morgan fingerprint density at radius 3 is 2.37 bits per heavy atom. The molecule has 96 valence electrons. The van der Waals surface area contributed by atoms with Crippen molar-refractivity contribution < 1.29 is 13.5 Å². The maximum Gasteiger partial charge on any atom is 0.198 e. The number of para-hydroxylation sites is 1. The predicted octanol–water partition coefficient (Wildman–Crippen LogP) is 4.37. The van der Waals surface area contributed by atoms with E-state index in [9.17, 15) is 8.78 Å². The molecule has 0 fully saturated rings. The standard InChI is InChI=1S/C14H8ClF2NO/c15-7-9-5-11(16)14(12(17)6-9)19-13-4-2-1-3-10(13)8-18/h1-6H,7H2. The van der Waals surface area contributed by atoms with Crippen LogP contribution in [-0.2, 0) is 5.88 Å². The Bertz CT molecular complexity index is 629. The second-order valence-corrected chi connectivity index (χ2v) is 4.00. The smallest absolute Gasteiger partial charge is 0.198 e. The molecular weight excluding hydrogens is 272 g/mol. The summed E-state index contributed by atoms with van der Waals surface area (Å²) in [4.78, 5) is 0. The maximum atomic E-state index is 13.7. The van der Waals surface area contributed by atoms with Crippen LogP contribution in [0.1, 0.15) is 11.1 Å². The highest BCUT2D eigenvalue weighted by Crippen LogP contribution is 2.30. The number of ether oxygens (including phenoxy) is 1. The van der Waals surface area contributed by atoms with Crippen LogP contribution in [0.4, 0.5) is 8.78 Å². The summed E-state index contributed by atoms with van der Waals surface area (Å²) in [6.07, 6.45) is 0. The highest BCUT2D eigenvalue weighted by atomic mass is 35.5. The van der Waals surface area contributed by atoms with Gasteiger partial charge in [0.15, 0.2) is 17.4 Å². The number of benzene rings is 2. The van der Waals surface area contributed by atoms with E-state index in [0.29, 0.717) is 5.56 Å². The Morgan fingerprint density at radius 2 is 1.79 bits per heavy atom. The van der Waals surface area contributed by atoms with Gasteiger partial charge in [-0.05, 0) is 29.8 Å². The van der Waals surface area contributed by atoms with Gasteiger partial charge in [0.1, 0.15) is 11.8 Å². The zero-order chi connectivity index (χ0) is 13.8. The Balaban J connectivity index is 2.42. The van der Waals surface area contributed by atoms with Gasteiger partial charge in [0.2, 0.25) is 0 Å². The molecular formula is C14H8ClF2NO. The second-order valence-electron chi connectivity index (χ2n) is 3.73. The Kier molecular flexibility index (Phi) is 3.98. The van der Waals surface area contributed by atoms with Crippen molar-refractivity contribution in [2.75, 3.05) is 0 Å². The number of hydrogen-bond donors (Lipinski definition) is 0. The fourth-order valence-corrected chi connectivity index (χ4v) is 1.70.